The Morgan fingerprint density at radius 3 is 1.87 bits per heavy atom. The molecule has 1 unspecified atom stereocenters. The summed E-state index contributed by atoms with van der Waals surface area (Å²) in [7, 11) is 0. The lowest BCUT2D eigenvalue weighted by atomic mass is 9.97. The van der Waals surface area contributed by atoms with Crippen molar-refractivity contribution < 1.29 is 30.7 Å². The lowest BCUT2D eigenvalue weighted by Crippen LogP contribution is -2.53. The van der Waals surface area contributed by atoms with Crippen molar-refractivity contribution in [2.75, 3.05) is 6.61 Å². The first kappa shape index (κ1) is 14.7. The first-order valence-electron chi connectivity index (χ1n) is 4.72. The summed E-state index contributed by atoms with van der Waals surface area (Å²) in [4.78, 5) is 0. The van der Waals surface area contributed by atoms with Crippen molar-refractivity contribution in [3.8, 4) is 0 Å². The summed E-state index contributed by atoms with van der Waals surface area (Å²) in [5.41, 5.74) is 1.78. The third-order valence-corrected chi connectivity index (χ3v) is 2.30. The molecule has 0 amide bonds. The van der Waals surface area contributed by atoms with Crippen LogP contribution in [0.15, 0.2) is 0 Å². The molecule has 7 N–H and O–H groups in total. The van der Waals surface area contributed by atoms with Crippen LogP contribution < -0.4 is 5.48 Å². The lowest BCUT2D eigenvalue weighted by molar-refractivity contribution is -0.129. The maximum Gasteiger partial charge on any atom is 0.111 e. The van der Waals surface area contributed by atoms with Gasteiger partial charge in [-0.1, -0.05) is 6.92 Å². The van der Waals surface area contributed by atoms with E-state index in [9.17, 15) is 15.3 Å². The Hall–Kier alpha value is -0.280. The summed E-state index contributed by atoms with van der Waals surface area (Å²) < 4.78 is 0. The van der Waals surface area contributed by atoms with Crippen LogP contribution in [0.2, 0.25) is 0 Å². The molecule has 0 aliphatic rings. The van der Waals surface area contributed by atoms with Gasteiger partial charge in [-0.05, 0) is 6.42 Å². The highest BCUT2D eigenvalue weighted by atomic mass is 16.5. The van der Waals surface area contributed by atoms with Crippen molar-refractivity contribution in [2.45, 2.75) is 43.8 Å². The average molecular weight is 225 g/mol. The minimum absolute atomic E-state index is 0.316. The van der Waals surface area contributed by atoms with E-state index in [0.29, 0.717) is 6.42 Å². The third-order valence-electron chi connectivity index (χ3n) is 2.30. The van der Waals surface area contributed by atoms with Gasteiger partial charge < -0.3 is 30.7 Å². The molecular weight excluding hydrogens is 206 g/mol. The summed E-state index contributed by atoms with van der Waals surface area (Å²) in [5, 5.41) is 54.3. The second kappa shape index (κ2) is 7.07. The molecule has 0 aromatic carbocycles. The van der Waals surface area contributed by atoms with Crippen LogP contribution in [-0.4, -0.2) is 67.8 Å². The zero-order chi connectivity index (χ0) is 12.0. The molecule has 0 aliphatic carbocycles. The van der Waals surface area contributed by atoms with Gasteiger partial charge in [0.05, 0.1) is 12.6 Å². The van der Waals surface area contributed by atoms with Crippen LogP contribution in [0.3, 0.4) is 0 Å². The van der Waals surface area contributed by atoms with E-state index in [1.807, 2.05) is 0 Å². The van der Waals surface area contributed by atoms with E-state index in [2.05, 4.69) is 0 Å². The van der Waals surface area contributed by atoms with Gasteiger partial charge in [-0.3, -0.25) is 0 Å². The molecule has 0 aromatic rings. The Kier molecular flexibility index (Phi) is 6.94. The van der Waals surface area contributed by atoms with Gasteiger partial charge in [-0.2, -0.15) is 5.48 Å². The van der Waals surface area contributed by atoms with E-state index in [0.717, 1.165) is 0 Å². The summed E-state index contributed by atoms with van der Waals surface area (Å²) in [6, 6.07) is -0.819. The number of aliphatic hydroxyl groups is 5. The zero-order valence-corrected chi connectivity index (χ0v) is 8.48. The van der Waals surface area contributed by atoms with Gasteiger partial charge in [0.15, 0.2) is 0 Å². The minimum Gasteiger partial charge on any atom is -0.394 e. The molecule has 0 radical (unpaired) electrons. The average Bonchev–Trinajstić information content (AvgIpc) is 2.27. The molecule has 0 saturated heterocycles. The molecule has 0 spiro atoms. The summed E-state index contributed by atoms with van der Waals surface area (Å²) >= 11 is 0. The van der Waals surface area contributed by atoms with Crippen molar-refractivity contribution in [1.82, 2.24) is 5.48 Å². The Bertz CT molecular complexity index is 165. The fourth-order valence-electron chi connectivity index (χ4n) is 1.18. The van der Waals surface area contributed by atoms with Crippen LogP contribution in [0.1, 0.15) is 13.3 Å². The topological polar surface area (TPSA) is 133 Å². The number of rotatable bonds is 7. The molecule has 0 fully saturated rings. The van der Waals surface area contributed by atoms with Crippen LogP contribution in [0, 0.1) is 0 Å². The largest absolute Gasteiger partial charge is 0.394 e. The fourth-order valence-corrected chi connectivity index (χ4v) is 1.18. The second-order valence-corrected chi connectivity index (χ2v) is 3.37. The van der Waals surface area contributed by atoms with Gasteiger partial charge in [0.1, 0.15) is 24.4 Å². The highest BCUT2D eigenvalue weighted by molar-refractivity contribution is 4.86. The first-order chi connectivity index (χ1) is 6.99. The maximum atomic E-state index is 9.47. The van der Waals surface area contributed by atoms with Crippen LogP contribution in [-0.2, 0) is 0 Å². The van der Waals surface area contributed by atoms with Crippen LogP contribution in [0.25, 0.3) is 0 Å². The number of aliphatic hydroxyl groups excluding tert-OH is 5. The molecule has 92 valence electrons. The van der Waals surface area contributed by atoms with Gasteiger partial charge in [0.25, 0.3) is 0 Å². The minimum atomic E-state index is -1.67. The Labute approximate surface area is 87.6 Å². The predicted octanol–water partition coefficient (Wildman–Crippen LogP) is -2.82. The molecule has 0 bridgehead atoms. The van der Waals surface area contributed by atoms with Crippen LogP contribution >= 0.6 is 0 Å². The van der Waals surface area contributed by atoms with Crippen molar-refractivity contribution in [3.63, 3.8) is 0 Å². The van der Waals surface area contributed by atoms with E-state index in [1.54, 1.807) is 12.4 Å². The molecule has 7 nitrogen and oxygen atoms in total. The smallest absolute Gasteiger partial charge is 0.111 e. The number of hydrogen-bond acceptors (Lipinski definition) is 7. The van der Waals surface area contributed by atoms with Crippen molar-refractivity contribution >= 4 is 0 Å². The Morgan fingerprint density at radius 1 is 1.00 bits per heavy atom. The third kappa shape index (κ3) is 3.99. The Morgan fingerprint density at radius 2 is 1.53 bits per heavy atom. The monoisotopic (exact) mass is 225 g/mol. The van der Waals surface area contributed by atoms with E-state index in [-0.39, 0.29) is 0 Å². The summed E-state index contributed by atoms with van der Waals surface area (Å²) in [6.45, 7) is 0.924. The van der Waals surface area contributed by atoms with Crippen LogP contribution in [0.5, 0.6) is 0 Å². The van der Waals surface area contributed by atoms with Gasteiger partial charge >= 0.3 is 0 Å². The molecule has 0 rings (SSSR count). The van der Waals surface area contributed by atoms with Crippen molar-refractivity contribution in [2.24, 2.45) is 0 Å². The van der Waals surface area contributed by atoms with E-state index >= 15 is 0 Å². The fraction of sp³-hybridized carbons (Fsp3) is 1.00. The molecular formula is C8H19NO6. The highest BCUT2D eigenvalue weighted by Gasteiger charge is 2.33. The first-order valence-corrected chi connectivity index (χ1v) is 4.72. The van der Waals surface area contributed by atoms with Crippen molar-refractivity contribution in [3.05, 3.63) is 0 Å². The zero-order valence-electron chi connectivity index (χ0n) is 8.48. The Balaban J connectivity index is 4.34. The molecule has 15 heavy (non-hydrogen) atoms. The highest BCUT2D eigenvalue weighted by Crippen LogP contribution is 2.10. The predicted molar refractivity (Wildman–Crippen MR) is 50.1 cm³/mol. The maximum absolute atomic E-state index is 9.47. The van der Waals surface area contributed by atoms with Gasteiger partial charge in [0.2, 0.25) is 0 Å². The molecule has 5 atom stereocenters. The molecule has 0 aliphatic heterocycles. The van der Waals surface area contributed by atoms with Gasteiger partial charge in [-0.15, -0.1) is 0 Å². The van der Waals surface area contributed by atoms with E-state index in [1.165, 1.54) is 0 Å². The second-order valence-electron chi connectivity index (χ2n) is 3.37. The number of nitrogens with one attached hydrogen (secondary N) is 1. The van der Waals surface area contributed by atoms with Gasteiger partial charge in [0, 0.05) is 0 Å². The quantitative estimate of drug-likeness (QED) is 0.232. The SMILES string of the molecule is CCC(NO)[C@H](O)[C@@H](O)[C@H](O)[C@H](O)CO. The van der Waals surface area contributed by atoms with E-state index in [4.69, 9.17) is 15.4 Å². The lowest BCUT2D eigenvalue weighted by Gasteiger charge is -2.29. The molecule has 0 heterocycles. The van der Waals surface area contributed by atoms with Crippen molar-refractivity contribution in [1.29, 1.82) is 0 Å². The van der Waals surface area contributed by atoms with Crippen LogP contribution in [0.4, 0.5) is 0 Å². The molecule has 0 aromatic heterocycles. The summed E-state index contributed by atoms with van der Waals surface area (Å²) in [6.07, 6.45) is -6.00. The van der Waals surface area contributed by atoms with Gasteiger partial charge in [-0.25, -0.2) is 0 Å². The molecule has 7 heteroatoms. The van der Waals surface area contributed by atoms with E-state index < -0.39 is 37.1 Å². The normalized spacial score (nSPS) is 21.8. The molecule has 0 saturated carbocycles. The number of hydroxylamine groups is 1. The number of hydrogen-bond donors (Lipinski definition) is 7. The standard InChI is InChI=1S/C8H19NO6/c1-2-4(9-15)6(12)8(14)7(13)5(11)3-10/h4-15H,2-3H2,1H3/t4?,5-,6+,7-,8-/m1/s1. The summed E-state index contributed by atoms with van der Waals surface area (Å²) in [5.74, 6) is 0.